The normalized spacial score (nSPS) is 36.7. The predicted molar refractivity (Wildman–Crippen MR) is 73.0 cm³/mol. The van der Waals surface area contributed by atoms with Crippen molar-refractivity contribution in [3.8, 4) is 0 Å². The molecule has 2 nitrogen and oxygen atoms in total. The van der Waals surface area contributed by atoms with Crippen LogP contribution in [0.25, 0.3) is 0 Å². The van der Waals surface area contributed by atoms with E-state index in [-0.39, 0.29) is 5.97 Å². The first-order valence-electron chi connectivity index (χ1n) is 7.22. The lowest BCUT2D eigenvalue weighted by atomic mass is 9.43. The average molecular weight is 250 g/mol. The van der Waals surface area contributed by atoms with Crippen LogP contribution in [0.4, 0.5) is 0 Å². The van der Waals surface area contributed by atoms with Gasteiger partial charge in [-0.2, -0.15) is 0 Å². The molecule has 18 heavy (non-hydrogen) atoms. The molecule has 3 saturated carbocycles. The summed E-state index contributed by atoms with van der Waals surface area (Å²) in [6, 6.07) is 0. The Labute approximate surface area is 111 Å². The number of ether oxygens (including phenoxy) is 1. The molecule has 3 rings (SSSR count). The largest absolute Gasteiger partial charge is 0.463 e. The third-order valence-electron chi connectivity index (χ3n) is 5.58. The molecule has 2 bridgehead atoms. The number of fused-ring (bicyclic) bond motifs is 2. The monoisotopic (exact) mass is 250 g/mol. The Balaban J connectivity index is 1.93. The van der Waals surface area contributed by atoms with Gasteiger partial charge in [0.2, 0.25) is 0 Å². The van der Waals surface area contributed by atoms with Gasteiger partial charge in [0.15, 0.2) is 0 Å². The Morgan fingerprint density at radius 3 is 2.56 bits per heavy atom. The van der Waals surface area contributed by atoms with E-state index in [4.69, 9.17) is 4.74 Å². The molecule has 0 unspecified atom stereocenters. The number of rotatable bonds is 4. The Kier molecular flexibility index (Phi) is 3.57. The van der Waals surface area contributed by atoms with Crippen molar-refractivity contribution in [2.24, 2.45) is 29.1 Å². The highest BCUT2D eigenvalue weighted by Gasteiger charge is 2.55. The van der Waals surface area contributed by atoms with E-state index in [1.807, 2.05) is 6.92 Å². The predicted octanol–water partition coefficient (Wildman–Crippen LogP) is 3.81. The molecule has 2 heteroatoms. The zero-order chi connectivity index (χ0) is 13.5. The third kappa shape index (κ3) is 2.10. The minimum absolute atomic E-state index is 0.205. The van der Waals surface area contributed by atoms with Gasteiger partial charge in [0.05, 0.1) is 6.61 Å². The standard InChI is InChI=1S/C16H26O2/c1-6-18-15(17)10(2)7-12-8-13-9-14(11(12)3)16(13,4)5/h11-14H,2,6-9H2,1,3-5H3/t11-,12+,13+,14+/m1/s1. The van der Waals surface area contributed by atoms with Gasteiger partial charge in [-0.05, 0) is 55.3 Å². The van der Waals surface area contributed by atoms with E-state index in [9.17, 15) is 4.79 Å². The van der Waals surface area contributed by atoms with Crippen LogP contribution in [-0.2, 0) is 9.53 Å². The van der Waals surface area contributed by atoms with Crippen molar-refractivity contribution in [2.45, 2.75) is 47.0 Å². The number of carbonyl (C=O) groups excluding carboxylic acids is 1. The summed E-state index contributed by atoms with van der Waals surface area (Å²) in [5.41, 5.74) is 1.18. The third-order valence-corrected chi connectivity index (χ3v) is 5.58. The molecule has 0 spiro atoms. The lowest BCUT2D eigenvalue weighted by Gasteiger charge is -2.62. The molecule has 0 heterocycles. The highest BCUT2D eigenvalue weighted by atomic mass is 16.5. The van der Waals surface area contributed by atoms with Crippen molar-refractivity contribution in [3.63, 3.8) is 0 Å². The Hall–Kier alpha value is -0.790. The van der Waals surface area contributed by atoms with Gasteiger partial charge >= 0.3 is 5.97 Å². The second-order valence-electron chi connectivity index (χ2n) is 6.74. The molecule has 0 radical (unpaired) electrons. The molecule has 0 aliphatic heterocycles. The molecule has 3 fully saturated rings. The van der Waals surface area contributed by atoms with Crippen LogP contribution in [0.2, 0.25) is 0 Å². The minimum Gasteiger partial charge on any atom is -0.463 e. The maximum absolute atomic E-state index is 11.6. The summed E-state index contributed by atoms with van der Waals surface area (Å²) in [6.45, 7) is 13.3. The summed E-state index contributed by atoms with van der Waals surface area (Å²) in [6.07, 6.45) is 3.46. The van der Waals surface area contributed by atoms with Crippen LogP contribution in [0.1, 0.15) is 47.0 Å². The number of hydrogen-bond donors (Lipinski definition) is 0. The van der Waals surface area contributed by atoms with Gasteiger partial charge in [-0.25, -0.2) is 4.79 Å². The van der Waals surface area contributed by atoms with E-state index in [0.717, 1.165) is 18.3 Å². The van der Waals surface area contributed by atoms with E-state index in [2.05, 4.69) is 27.4 Å². The fraction of sp³-hybridized carbons (Fsp3) is 0.812. The van der Waals surface area contributed by atoms with Crippen molar-refractivity contribution in [2.75, 3.05) is 6.61 Å². The summed E-state index contributed by atoms with van der Waals surface area (Å²) in [7, 11) is 0. The van der Waals surface area contributed by atoms with Crippen LogP contribution >= 0.6 is 0 Å². The molecule has 0 N–H and O–H groups in total. The second kappa shape index (κ2) is 4.71. The zero-order valence-electron chi connectivity index (χ0n) is 12.2. The first kappa shape index (κ1) is 13.6. The number of esters is 1. The second-order valence-corrected chi connectivity index (χ2v) is 6.74. The highest BCUT2D eigenvalue weighted by molar-refractivity contribution is 5.87. The van der Waals surface area contributed by atoms with E-state index in [1.54, 1.807) is 0 Å². The van der Waals surface area contributed by atoms with Crippen LogP contribution in [0, 0.1) is 29.1 Å². The summed E-state index contributed by atoms with van der Waals surface area (Å²) < 4.78 is 5.02. The van der Waals surface area contributed by atoms with Gasteiger partial charge in [-0.3, -0.25) is 0 Å². The van der Waals surface area contributed by atoms with Crippen LogP contribution in [0.5, 0.6) is 0 Å². The molecule has 3 aliphatic rings. The smallest absolute Gasteiger partial charge is 0.333 e. The highest BCUT2D eigenvalue weighted by Crippen LogP contribution is 2.63. The molecular formula is C16H26O2. The fourth-order valence-corrected chi connectivity index (χ4v) is 4.16. The van der Waals surface area contributed by atoms with Crippen molar-refractivity contribution in [3.05, 3.63) is 12.2 Å². The summed E-state index contributed by atoms with van der Waals surface area (Å²) in [5, 5.41) is 0. The fourth-order valence-electron chi connectivity index (χ4n) is 4.16. The summed E-state index contributed by atoms with van der Waals surface area (Å²) >= 11 is 0. The lowest BCUT2D eigenvalue weighted by Crippen LogP contribution is -2.55. The van der Waals surface area contributed by atoms with Gasteiger partial charge in [0.1, 0.15) is 0 Å². The Morgan fingerprint density at radius 1 is 1.39 bits per heavy atom. The molecule has 0 amide bonds. The molecule has 0 aromatic heterocycles. The van der Waals surface area contributed by atoms with Crippen LogP contribution < -0.4 is 0 Å². The van der Waals surface area contributed by atoms with Gasteiger partial charge in [0, 0.05) is 5.57 Å². The Bertz CT molecular complexity index is 356. The Morgan fingerprint density at radius 2 is 2.06 bits per heavy atom. The number of carbonyl (C=O) groups is 1. The molecule has 3 aliphatic carbocycles. The SMILES string of the molecule is C=C(C[C@H]1C[C@H]2C[C@@H]([C@@H]1C)C2(C)C)C(=O)OCC. The van der Waals surface area contributed by atoms with E-state index < -0.39 is 0 Å². The first-order chi connectivity index (χ1) is 8.37. The average Bonchev–Trinajstić information content (AvgIpc) is 2.31. The van der Waals surface area contributed by atoms with Gasteiger partial charge < -0.3 is 4.74 Å². The molecule has 4 atom stereocenters. The van der Waals surface area contributed by atoms with Crippen LogP contribution in [0.15, 0.2) is 12.2 Å². The van der Waals surface area contributed by atoms with E-state index in [1.165, 1.54) is 12.8 Å². The van der Waals surface area contributed by atoms with Gasteiger partial charge in [0.25, 0.3) is 0 Å². The topological polar surface area (TPSA) is 26.3 Å². The lowest BCUT2D eigenvalue weighted by molar-refractivity contribution is -0.141. The van der Waals surface area contributed by atoms with Crippen molar-refractivity contribution >= 4 is 5.97 Å². The van der Waals surface area contributed by atoms with E-state index >= 15 is 0 Å². The maximum atomic E-state index is 11.6. The maximum Gasteiger partial charge on any atom is 0.333 e. The van der Waals surface area contributed by atoms with E-state index in [0.29, 0.717) is 29.4 Å². The first-order valence-corrected chi connectivity index (χ1v) is 7.22. The molecule has 102 valence electrons. The van der Waals surface area contributed by atoms with Gasteiger partial charge in [-0.15, -0.1) is 0 Å². The molecular weight excluding hydrogens is 224 g/mol. The zero-order valence-corrected chi connectivity index (χ0v) is 12.2. The van der Waals surface area contributed by atoms with Crippen molar-refractivity contribution in [1.82, 2.24) is 0 Å². The molecule has 0 saturated heterocycles. The van der Waals surface area contributed by atoms with Crippen LogP contribution in [0.3, 0.4) is 0 Å². The quantitative estimate of drug-likeness (QED) is 0.560. The summed E-state index contributed by atoms with van der Waals surface area (Å²) in [5.74, 6) is 2.80. The number of hydrogen-bond acceptors (Lipinski definition) is 2. The van der Waals surface area contributed by atoms with Crippen LogP contribution in [-0.4, -0.2) is 12.6 Å². The van der Waals surface area contributed by atoms with Crippen molar-refractivity contribution < 1.29 is 9.53 Å². The van der Waals surface area contributed by atoms with Gasteiger partial charge in [-0.1, -0.05) is 27.4 Å². The summed E-state index contributed by atoms with van der Waals surface area (Å²) in [4.78, 5) is 11.6. The molecule has 0 aromatic rings. The minimum atomic E-state index is -0.205. The molecule has 0 aromatic carbocycles. The van der Waals surface area contributed by atoms with Crippen molar-refractivity contribution in [1.29, 1.82) is 0 Å².